The lowest BCUT2D eigenvalue weighted by atomic mass is 10.1. The first kappa shape index (κ1) is 21.5. The molecule has 3 aliphatic rings. The maximum absolute atomic E-state index is 12.5. The SMILES string of the molecule is COc1ccc(N2CCN(CCCNC(=O)C3CC4C(=O)NC(C)=CN4N3)CC2)cc1. The van der Waals surface area contributed by atoms with E-state index in [4.69, 9.17) is 4.74 Å². The molecule has 0 radical (unpaired) electrons. The number of piperazine rings is 1. The second-order valence-corrected chi connectivity index (χ2v) is 8.31. The van der Waals surface area contributed by atoms with Crippen molar-refractivity contribution in [1.82, 2.24) is 26.0 Å². The monoisotopic (exact) mass is 428 g/mol. The molecule has 1 aromatic carbocycles. The van der Waals surface area contributed by atoms with Gasteiger partial charge in [-0.05, 0) is 44.2 Å². The highest BCUT2D eigenvalue weighted by Crippen LogP contribution is 2.21. The summed E-state index contributed by atoms with van der Waals surface area (Å²) in [4.78, 5) is 29.4. The van der Waals surface area contributed by atoms with Crippen molar-refractivity contribution in [2.75, 3.05) is 51.3 Å². The number of amides is 2. The number of methoxy groups -OCH3 is 1. The molecule has 0 bridgehead atoms. The Kier molecular flexibility index (Phi) is 6.62. The third-order valence-corrected chi connectivity index (χ3v) is 6.13. The Balaban J connectivity index is 1.13. The summed E-state index contributed by atoms with van der Waals surface area (Å²) in [6.07, 6.45) is 3.23. The quantitative estimate of drug-likeness (QED) is 0.537. The van der Waals surface area contributed by atoms with Crippen LogP contribution in [-0.4, -0.2) is 80.2 Å². The number of hydrogen-bond donors (Lipinski definition) is 3. The van der Waals surface area contributed by atoms with E-state index >= 15 is 0 Å². The highest BCUT2D eigenvalue weighted by atomic mass is 16.5. The van der Waals surface area contributed by atoms with Crippen molar-refractivity contribution in [3.63, 3.8) is 0 Å². The minimum Gasteiger partial charge on any atom is -0.497 e. The number of fused-ring (bicyclic) bond motifs is 1. The first-order valence-corrected chi connectivity index (χ1v) is 11.0. The average Bonchev–Trinajstić information content (AvgIpc) is 3.22. The summed E-state index contributed by atoms with van der Waals surface area (Å²) in [6, 6.07) is 7.52. The zero-order valence-corrected chi connectivity index (χ0v) is 18.3. The second-order valence-electron chi connectivity index (χ2n) is 8.31. The van der Waals surface area contributed by atoms with E-state index in [9.17, 15) is 9.59 Å². The van der Waals surface area contributed by atoms with Crippen molar-refractivity contribution < 1.29 is 14.3 Å². The molecule has 2 saturated heterocycles. The topological polar surface area (TPSA) is 89.2 Å². The molecule has 2 atom stereocenters. The largest absolute Gasteiger partial charge is 0.497 e. The van der Waals surface area contributed by atoms with Gasteiger partial charge in [0.1, 0.15) is 17.8 Å². The maximum Gasteiger partial charge on any atom is 0.248 e. The van der Waals surface area contributed by atoms with Crippen molar-refractivity contribution >= 4 is 17.5 Å². The van der Waals surface area contributed by atoms with E-state index < -0.39 is 0 Å². The van der Waals surface area contributed by atoms with Crippen LogP contribution in [0.2, 0.25) is 0 Å². The van der Waals surface area contributed by atoms with Crippen LogP contribution in [0.25, 0.3) is 0 Å². The highest BCUT2D eigenvalue weighted by Gasteiger charge is 2.40. The lowest BCUT2D eigenvalue weighted by Crippen LogP contribution is -2.49. The van der Waals surface area contributed by atoms with Crippen molar-refractivity contribution in [2.45, 2.75) is 31.8 Å². The fourth-order valence-electron chi connectivity index (χ4n) is 4.36. The van der Waals surface area contributed by atoms with Crippen molar-refractivity contribution in [3.8, 4) is 5.75 Å². The Hall–Kier alpha value is -2.78. The maximum atomic E-state index is 12.5. The minimum atomic E-state index is -0.369. The van der Waals surface area contributed by atoms with Gasteiger partial charge in [-0.1, -0.05) is 0 Å². The molecule has 31 heavy (non-hydrogen) atoms. The smallest absolute Gasteiger partial charge is 0.248 e. The van der Waals surface area contributed by atoms with Crippen LogP contribution < -0.4 is 25.7 Å². The van der Waals surface area contributed by atoms with E-state index in [1.54, 1.807) is 12.1 Å². The number of ether oxygens (including phenoxy) is 1. The summed E-state index contributed by atoms with van der Waals surface area (Å²) in [5.41, 5.74) is 5.14. The van der Waals surface area contributed by atoms with Gasteiger partial charge in [0.15, 0.2) is 0 Å². The van der Waals surface area contributed by atoms with Gasteiger partial charge in [-0.3, -0.25) is 14.5 Å². The van der Waals surface area contributed by atoms with E-state index in [1.807, 2.05) is 25.3 Å². The van der Waals surface area contributed by atoms with E-state index in [1.165, 1.54) is 5.69 Å². The van der Waals surface area contributed by atoms with Crippen LogP contribution in [-0.2, 0) is 9.59 Å². The summed E-state index contributed by atoms with van der Waals surface area (Å²) >= 11 is 0. The second kappa shape index (κ2) is 9.57. The van der Waals surface area contributed by atoms with Crippen LogP contribution in [0.3, 0.4) is 0 Å². The molecule has 0 aromatic heterocycles. The molecule has 168 valence electrons. The number of nitrogens with one attached hydrogen (secondary N) is 3. The third kappa shape index (κ3) is 5.11. The number of allylic oxidation sites excluding steroid dienone is 1. The van der Waals surface area contributed by atoms with Crippen molar-refractivity contribution in [3.05, 3.63) is 36.2 Å². The van der Waals surface area contributed by atoms with Crippen LogP contribution in [0.4, 0.5) is 5.69 Å². The van der Waals surface area contributed by atoms with Crippen LogP contribution in [0.5, 0.6) is 5.75 Å². The summed E-state index contributed by atoms with van der Waals surface area (Å²) in [5, 5.41) is 7.58. The summed E-state index contributed by atoms with van der Waals surface area (Å²) in [6.45, 7) is 7.46. The molecular formula is C22H32N6O3. The van der Waals surface area contributed by atoms with Crippen LogP contribution >= 0.6 is 0 Å². The number of hydrogen-bond acceptors (Lipinski definition) is 7. The molecular weight excluding hydrogens is 396 g/mol. The lowest BCUT2D eigenvalue weighted by Gasteiger charge is -2.36. The zero-order chi connectivity index (χ0) is 21.8. The van der Waals surface area contributed by atoms with Gasteiger partial charge in [0.25, 0.3) is 0 Å². The van der Waals surface area contributed by atoms with Crippen LogP contribution in [0.1, 0.15) is 19.8 Å². The Bertz CT molecular complexity index is 819. The predicted octanol–water partition coefficient (Wildman–Crippen LogP) is 0.262. The summed E-state index contributed by atoms with van der Waals surface area (Å²) in [5.74, 6) is 0.775. The predicted molar refractivity (Wildman–Crippen MR) is 118 cm³/mol. The molecule has 2 amide bonds. The Morgan fingerprint density at radius 3 is 2.65 bits per heavy atom. The van der Waals surface area contributed by atoms with Gasteiger partial charge in [-0.2, -0.15) is 0 Å². The molecule has 3 heterocycles. The molecule has 9 heteroatoms. The Labute approximate surface area is 183 Å². The first-order valence-electron chi connectivity index (χ1n) is 11.0. The molecule has 0 aliphatic carbocycles. The number of nitrogens with zero attached hydrogens (tertiary/aromatic N) is 3. The van der Waals surface area contributed by atoms with Gasteiger partial charge in [-0.15, -0.1) is 0 Å². The Morgan fingerprint density at radius 2 is 1.94 bits per heavy atom. The number of rotatable bonds is 7. The van der Waals surface area contributed by atoms with Crippen molar-refractivity contribution in [2.24, 2.45) is 0 Å². The molecule has 3 N–H and O–H groups in total. The van der Waals surface area contributed by atoms with Gasteiger partial charge in [0.05, 0.1) is 7.11 Å². The molecule has 0 saturated carbocycles. The molecule has 9 nitrogen and oxygen atoms in total. The molecule has 1 aromatic rings. The Morgan fingerprint density at radius 1 is 1.19 bits per heavy atom. The molecule has 0 spiro atoms. The highest BCUT2D eigenvalue weighted by molar-refractivity contribution is 5.88. The minimum absolute atomic E-state index is 0.0439. The summed E-state index contributed by atoms with van der Waals surface area (Å²) < 4.78 is 5.23. The number of carbonyl (C=O) groups excluding carboxylic acids is 2. The van der Waals surface area contributed by atoms with Crippen LogP contribution in [0, 0.1) is 0 Å². The number of anilines is 1. The third-order valence-electron chi connectivity index (χ3n) is 6.13. The average molecular weight is 429 g/mol. The van der Waals surface area contributed by atoms with Gasteiger partial charge in [0.2, 0.25) is 11.8 Å². The molecule has 2 unspecified atom stereocenters. The van der Waals surface area contributed by atoms with Gasteiger partial charge >= 0.3 is 0 Å². The van der Waals surface area contributed by atoms with Gasteiger partial charge in [0, 0.05) is 56.7 Å². The summed E-state index contributed by atoms with van der Waals surface area (Å²) in [7, 11) is 1.68. The number of benzene rings is 1. The van der Waals surface area contributed by atoms with E-state index in [0.717, 1.165) is 50.6 Å². The number of carbonyl (C=O) groups is 2. The molecule has 4 rings (SSSR count). The van der Waals surface area contributed by atoms with E-state index in [2.05, 4.69) is 38.0 Å². The fourth-order valence-corrected chi connectivity index (χ4v) is 4.36. The zero-order valence-electron chi connectivity index (χ0n) is 18.3. The first-order chi connectivity index (χ1) is 15.0. The number of hydrazine groups is 1. The van der Waals surface area contributed by atoms with E-state index in [0.29, 0.717) is 13.0 Å². The fraction of sp³-hybridized carbons (Fsp3) is 0.545. The van der Waals surface area contributed by atoms with Gasteiger partial charge in [-0.25, -0.2) is 5.43 Å². The molecule has 2 fully saturated rings. The molecule has 3 aliphatic heterocycles. The van der Waals surface area contributed by atoms with Gasteiger partial charge < -0.3 is 25.3 Å². The van der Waals surface area contributed by atoms with Crippen LogP contribution in [0.15, 0.2) is 36.2 Å². The van der Waals surface area contributed by atoms with E-state index in [-0.39, 0.29) is 23.9 Å². The standard InChI is InChI=1S/C22H32N6O3/c1-16-15-28-20(22(30)24-16)14-19(25-28)21(29)23-8-3-9-26-10-12-27(13-11-26)17-4-6-18(31-2)7-5-17/h4-7,15,19-20,25H,3,8-14H2,1-2H3,(H,23,29)(H,24,30). The normalized spacial score (nSPS) is 23.8. The van der Waals surface area contributed by atoms with Crippen molar-refractivity contribution in [1.29, 1.82) is 0 Å². The lowest BCUT2D eigenvalue weighted by molar-refractivity contribution is -0.125.